The van der Waals surface area contributed by atoms with E-state index in [4.69, 9.17) is 10.5 Å². The van der Waals surface area contributed by atoms with Crippen LogP contribution in [0, 0.1) is 0 Å². The first-order valence-corrected chi connectivity index (χ1v) is 7.29. The predicted molar refractivity (Wildman–Crippen MR) is 86.9 cm³/mol. The standard InChI is InChI=1S/C16H17BrN2O2/c1-21-10-11-4-2-3-5-14(11)15(16(18)20)19-13-8-6-12(17)7-9-13/h2-9,15,19H,10H2,1H3,(H2,18,20). The van der Waals surface area contributed by atoms with Crippen LogP contribution in [0.1, 0.15) is 17.2 Å². The molecule has 1 amide bonds. The van der Waals surface area contributed by atoms with Gasteiger partial charge in [-0.05, 0) is 35.4 Å². The molecule has 0 radical (unpaired) electrons. The predicted octanol–water partition coefficient (Wildman–Crippen LogP) is 3.23. The first kappa shape index (κ1) is 15.5. The Morgan fingerprint density at radius 3 is 2.52 bits per heavy atom. The molecule has 0 aliphatic carbocycles. The minimum Gasteiger partial charge on any atom is -0.380 e. The molecule has 0 fully saturated rings. The highest BCUT2D eigenvalue weighted by Crippen LogP contribution is 2.24. The van der Waals surface area contributed by atoms with E-state index in [0.717, 1.165) is 21.3 Å². The number of benzene rings is 2. The van der Waals surface area contributed by atoms with Gasteiger partial charge in [0.1, 0.15) is 6.04 Å². The van der Waals surface area contributed by atoms with Crippen LogP contribution in [-0.2, 0) is 16.1 Å². The number of halogens is 1. The second-order valence-electron chi connectivity index (χ2n) is 4.62. The molecule has 110 valence electrons. The lowest BCUT2D eigenvalue weighted by atomic mass is 10.00. The van der Waals surface area contributed by atoms with E-state index in [-0.39, 0.29) is 0 Å². The molecule has 5 heteroatoms. The maximum Gasteiger partial charge on any atom is 0.244 e. The number of rotatable bonds is 6. The van der Waals surface area contributed by atoms with Crippen molar-refractivity contribution in [3.05, 3.63) is 64.1 Å². The van der Waals surface area contributed by atoms with Crippen molar-refractivity contribution in [3.63, 3.8) is 0 Å². The summed E-state index contributed by atoms with van der Waals surface area (Å²) in [6, 6.07) is 14.6. The largest absolute Gasteiger partial charge is 0.380 e. The van der Waals surface area contributed by atoms with Gasteiger partial charge < -0.3 is 15.8 Å². The highest BCUT2D eigenvalue weighted by Gasteiger charge is 2.20. The van der Waals surface area contributed by atoms with Crippen LogP contribution in [0.5, 0.6) is 0 Å². The van der Waals surface area contributed by atoms with Crippen LogP contribution in [0.2, 0.25) is 0 Å². The van der Waals surface area contributed by atoms with Gasteiger partial charge in [-0.2, -0.15) is 0 Å². The van der Waals surface area contributed by atoms with Crippen molar-refractivity contribution in [3.8, 4) is 0 Å². The van der Waals surface area contributed by atoms with Crippen LogP contribution in [-0.4, -0.2) is 13.0 Å². The number of ether oxygens (including phenoxy) is 1. The SMILES string of the molecule is COCc1ccccc1C(Nc1ccc(Br)cc1)C(N)=O. The van der Waals surface area contributed by atoms with Gasteiger partial charge in [-0.1, -0.05) is 40.2 Å². The number of methoxy groups -OCH3 is 1. The van der Waals surface area contributed by atoms with Crippen LogP contribution >= 0.6 is 15.9 Å². The lowest BCUT2D eigenvalue weighted by Gasteiger charge is -2.20. The van der Waals surface area contributed by atoms with Crippen molar-refractivity contribution >= 4 is 27.5 Å². The second-order valence-corrected chi connectivity index (χ2v) is 5.53. The summed E-state index contributed by atoms with van der Waals surface area (Å²) in [5.41, 5.74) is 8.15. The van der Waals surface area contributed by atoms with Gasteiger partial charge in [-0.25, -0.2) is 0 Å². The summed E-state index contributed by atoms with van der Waals surface area (Å²) in [5, 5.41) is 3.17. The number of amides is 1. The van der Waals surface area contributed by atoms with Crippen molar-refractivity contribution in [2.45, 2.75) is 12.6 Å². The molecule has 3 N–H and O–H groups in total. The molecule has 21 heavy (non-hydrogen) atoms. The topological polar surface area (TPSA) is 64.3 Å². The molecule has 0 spiro atoms. The molecule has 1 atom stereocenters. The molecule has 0 saturated heterocycles. The van der Waals surface area contributed by atoms with Gasteiger partial charge in [0.2, 0.25) is 5.91 Å². The first-order valence-electron chi connectivity index (χ1n) is 6.50. The Labute approximate surface area is 132 Å². The van der Waals surface area contributed by atoms with E-state index in [1.165, 1.54) is 0 Å². The summed E-state index contributed by atoms with van der Waals surface area (Å²) in [7, 11) is 1.62. The van der Waals surface area contributed by atoms with E-state index >= 15 is 0 Å². The van der Waals surface area contributed by atoms with Crippen molar-refractivity contribution in [2.75, 3.05) is 12.4 Å². The van der Waals surface area contributed by atoms with Gasteiger partial charge >= 0.3 is 0 Å². The molecule has 2 rings (SSSR count). The molecule has 0 aromatic heterocycles. The molecule has 1 unspecified atom stereocenters. The Balaban J connectivity index is 2.31. The maximum absolute atomic E-state index is 11.8. The smallest absolute Gasteiger partial charge is 0.244 e. The summed E-state index contributed by atoms with van der Waals surface area (Å²) in [4.78, 5) is 11.8. The number of carbonyl (C=O) groups is 1. The Kier molecular flexibility index (Phi) is 5.36. The zero-order chi connectivity index (χ0) is 15.2. The fourth-order valence-corrected chi connectivity index (χ4v) is 2.38. The Hall–Kier alpha value is -1.85. The van der Waals surface area contributed by atoms with E-state index in [9.17, 15) is 4.79 Å². The summed E-state index contributed by atoms with van der Waals surface area (Å²) >= 11 is 3.38. The van der Waals surface area contributed by atoms with Crippen molar-refractivity contribution in [1.82, 2.24) is 0 Å². The molecule has 0 aliphatic heterocycles. The Morgan fingerprint density at radius 1 is 1.24 bits per heavy atom. The number of nitrogens with one attached hydrogen (secondary N) is 1. The van der Waals surface area contributed by atoms with Gasteiger partial charge in [0.05, 0.1) is 6.61 Å². The highest BCUT2D eigenvalue weighted by atomic mass is 79.9. The Morgan fingerprint density at radius 2 is 1.90 bits per heavy atom. The summed E-state index contributed by atoms with van der Waals surface area (Å²) < 4.78 is 6.15. The third-order valence-electron chi connectivity index (χ3n) is 3.11. The molecule has 2 aromatic rings. The maximum atomic E-state index is 11.8. The first-order chi connectivity index (χ1) is 10.1. The zero-order valence-electron chi connectivity index (χ0n) is 11.7. The van der Waals surface area contributed by atoms with Crippen LogP contribution in [0.3, 0.4) is 0 Å². The third-order valence-corrected chi connectivity index (χ3v) is 3.63. The van der Waals surface area contributed by atoms with Gasteiger partial charge in [0.25, 0.3) is 0 Å². The molecule has 0 bridgehead atoms. The van der Waals surface area contributed by atoms with Gasteiger partial charge in [0.15, 0.2) is 0 Å². The van der Waals surface area contributed by atoms with Gasteiger partial charge in [0, 0.05) is 17.3 Å². The van der Waals surface area contributed by atoms with Crippen molar-refractivity contribution in [2.24, 2.45) is 5.73 Å². The average Bonchev–Trinajstić information content (AvgIpc) is 2.47. The van der Waals surface area contributed by atoms with Crippen LogP contribution in [0.25, 0.3) is 0 Å². The minimum atomic E-state index is -0.600. The summed E-state index contributed by atoms with van der Waals surface area (Å²) in [6.07, 6.45) is 0. The van der Waals surface area contributed by atoms with E-state index in [1.54, 1.807) is 7.11 Å². The lowest BCUT2D eigenvalue weighted by Crippen LogP contribution is -2.28. The quantitative estimate of drug-likeness (QED) is 0.842. The molecule has 2 aromatic carbocycles. The third kappa shape index (κ3) is 4.06. The fourth-order valence-electron chi connectivity index (χ4n) is 2.12. The summed E-state index contributed by atoms with van der Waals surface area (Å²) in [5.74, 6) is -0.429. The normalized spacial score (nSPS) is 11.9. The van der Waals surface area contributed by atoms with Crippen LogP contribution in [0.4, 0.5) is 5.69 Å². The van der Waals surface area contributed by atoms with Gasteiger partial charge in [-0.15, -0.1) is 0 Å². The molecule has 0 saturated carbocycles. The number of nitrogens with two attached hydrogens (primary N) is 1. The zero-order valence-corrected chi connectivity index (χ0v) is 13.3. The highest BCUT2D eigenvalue weighted by molar-refractivity contribution is 9.10. The number of hydrogen-bond acceptors (Lipinski definition) is 3. The number of hydrogen-bond donors (Lipinski definition) is 2. The minimum absolute atomic E-state index is 0.429. The molecular formula is C16H17BrN2O2. The lowest BCUT2D eigenvalue weighted by molar-refractivity contribution is -0.118. The van der Waals surface area contributed by atoms with E-state index in [2.05, 4.69) is 21.2 Å². The van der Waals surface area contributed by atoms with Crippen molar-refractivity contribution in [1.29, 1.82) is 0 Å². The van der Waals surface area contributed by atoms with Gasteiger partial charge in [-0.3, -0.25) is 4.79 Å². The number of anilines is 1. The van der Waals surface area contributed by atoms with E-state index in [1.807, 2.05) is 48.5 Å². The van der Waals surface area contributed by atoms with Crippen LogP contribution < -0.4 is 11.1 Å². The number of carbonyl (C=O) groups excluding carboxylic acids is 1. The van der Waals surface area contributed by atoms with E-state index < -0.39 is 11.9 Å². The molecule has 4 nitrogen and oxygen atoms in total. The van der Waals surface area contributed by atoms with E-state index in [0.29, 0.717) is 6.61 Å². The Bertz CT molecular complexity index is 614. The monoisotopic (exact) mass is 348 g/mol. The molecule has 0 aliphatic rings. The fraction of sp³-hybridized carbons (Fsp3) is 0.188. The van der Waals surface area contributed by atoms with Crippen molar-refractivity contribution < 1.29 is 9.53 Å². The molecular weight excluding hydrogens is 332 g/mol. The second kappa shape index (κ2) is 7.24. The molecule has 0 heterocycles. The van der Waals surface area contributed by atoms with Crippen LogP contribution in [0.15, 0.2) is 53.0 Å². The average molecular weight is 349 g/mol. The number of primary amides is 1. The summed E-state index contributed by atoms with van der Waals surface area (Å²) in [6.45, 7) is 0.433.